The fourth-order valence-electron chi connectivity index (χ4n) is 3.31. The van der Waals surface area contributed by atoms with Crippen LogP contribution in [0.1, 0.15) is 113 Å². The topological polar surface area (TPSA) is 0 Å². The Kier molecular flexibility index (Phi) is 12.7. The van der Waals surface area contributed by atoms with Gasteiger partial charge in [0.2, 0.25) is 0 Å². The van der Waals surface area contributed by atoms with Crippen LogP contribution in [-0.2, 0) is 12.8 Å². The Morgan fingerprint density at radius 1 is 0.652 bits per heavy atom. The van der Waals surface area contributed by atoms with Gasteiger partial charge in [-0.2, -0.15) is 0 Å². The molecule has 23 heavy (non-hydrogen) atoms. The van der Waals surface area contributed by atoms with E-state index in [1.807, 2.05) is 0 Å². The van der Waals surface area contributed by atoms with E-state index in [-0.39, 0.29) is 0 Å². The van der Waals surface area contributed by atoms with Crippen molar-refractivity contribution in [2.24, 2.45) is 0 Å². The molecule has 0 bridgehead atoms. The lowest BCUT2D eigenvalue weighted by molar-refractivity contribution is 0.565. The minimum absolute atomic E-state index is 1.31. The Bertz CT molecular complexity index is 377. The molecule has 0 N–H and O–H groups in total. The maximum absolute atomic E-state index is 2.51. The Morgan fingerprint density at radius 2 is 1.13 bits per heavy atom. The van der Waals surface area contributed by atoms with Gasteiger partial charge < -0.3 is 0 Å². The zero-order chi connectivity index (χ0) is 16.8. The molecule has 0 unspecified atom stereocenters. The number of aryl methyl sites for hydroxylation is 3. The molecule has 1 rings (SSSR count). The standard InChI is InChI=1S/C22H40S/c1-4-6-8-10-11-12-13-14-16-18-22-19-21(20(3)23-22)17-15-9-7-5-2/h19H,4-18H2,1-3H3. The summed E-state index contributed by atoms with van der Waals surface area (Å²) in [6.45, 7) is 6.90. The molecule has 0 spiro atoms. The van der Waals surface area contributed by atoms with Crippen molar-refractivity contribution in [2.75, 3.05) is 0 Å². The predicted molar refractivity (Wildman–Crippen MR) is 108 cm³/mol. The molecule has 0 nitrogen and oxygen atoms in total. The average Bonchev–Trinajstić information content (AvgIpc) is 2.90. The molecule has 0 aliphatic carbocycles. The van der Waals surface area contributed by atoms with E-state index in [0.717, 1.165) is 0 Å². The average molecular weight is 337 g/mol. The lowest BCUT2D eigenvalue weighted by Crippen LogP contribution is -1.86. The van der Waals surface area contributed by atoms with Gasteiger partial charge in [-0.15, -0.1) is 11.3 Å². The van der Waals surface area contributed by atoms with Gasteiger partial charge in [0.15, 0.2) is 0 Å². The van der Waals surface area contributed by atoms with Crippen molar-refractivity contribution in [2.45, 2.75) is 117 Å². The summed E-state index contributed by atoms with van der Waals surface area (Å²) in [7, 11) is 0. The van der Waals surface area contributed by atoms with Crippen LogP contribution in [0.3, 0.4) is 0 Å². The molecular formula is C22H40S. The molecule has 0 saturated carbocycles. The van der Waals surface area contributed by atoms with Crippen LogP contribution >= 0.6 is 11.3 Å². The van der Waals surface area contributed by atoms with Gasteiger partial charge in [-0.05, 0) is 44.2 Å². The minimum atomic E-state index is 1.31. The van der Waals surface area contributed by atoms with Crippen LogP contribution in [0, 0.1) is 6.92 Å². The maximum atomic E-state index is 2.51. The summed E-state index contributed by atoms with van der Waals surface area (Å²) in [5.74, 6) is 0. The van der Waals surface area contributed by atoms with Gasteiger partial charge in [0.25, 0.3) is 0 Å². The molecule has 0 fully saturated rings. The summed E-state index contributed by atoms with van der Waals surface area (Å²) in [6.07, 6.45) is 21.0. The minimum Gasteiger partial charge on any atom is -0.145 e. The van der Waals surface area contributed by atoms with Crippen molar-refractivity contribution >= 4 is 11.3 Å². The van der Waals surface area contributed by atoms with Gasteiger partial charge in [-0.25, -0.2) is 0 Å². The molecule has 0 saturated heterocycles. The third kappa shape index (κ3) is 10.2. The molecular weight excluding hydrogens is 296 g/mol. The summed E-state index contributed by atoms with van der Waals surface area (Å²) in [5.41, 5.74) is 1.64. The number of hydrogen-bond acceptors (Lipinski definition) is 1. The lowest BCUT2D eigenvalue weighted by atomic mass is 10.0. The fraction of sp³-hybridized carbons (Fsp3) is 0.818. The third-order valence-corrected chi connectivity index (χ3v) is 6.05. The number of thiophene rings is 1. The normalized spacial score (nSPS) is 11.3. The molecule has 1 aromatic rings. The zero-order valence-electron chi connectivity index (χ0n) is 16.1. The van der Waals surface area contributed by atoms with Crippen molar-refractivity contribution in [3.05, 3.63) is 21.4 Å². The Hall–Kier alpha value is -0.300. The van der Waals surface area contributed by atoms with E-state index >= 15 is 0 Å². The monoisotopic (exact) mass is 336 g/mol. The summed E-state index contributed by atoms with van der Waals surface area (Å²) in [5, 5.41) is 0. The number of unbranched alkanes of at least 4 members (excludes halogenated alkanes) is 11. The largest absolute Gasteiger partial charge is 0.145 e. The fourth-order valence-corrected chi connectivity index (χ4v) is 4.44. The summed E-state index contributed by atoms with van der Waals surface area (Å²) in [4.78, 5) is 3.21. The van der Waals surface area contributed by atoms with Crippen molar-refractivity contribution in [1.29, 1.82) is 0 Å². The number of hydrogen-bond donors (Lipinski definition) is 0. The highest BCUT2D eigenvalue weighted by Gasteiger charge is 2.05. The van der Waals surface area contributed by atoms with Gasteiger partial charge >= 0.3 is 0 Å². The molecule has 0 amide bonds. The van der Waals surface area contributed by atoms with Crippen LogP contribution < -0.4 is 0 Å². The Labute approximate surface area is 150 Å². The highest BCUT2D eigenvalue weighted by Crippen LogP contribution is 2.25. The van der Waals surface area contributed by atoms with E-state index in [1.54, 1.807) is 15.3 Å². The summed E-state index contributed by atoms with van der Waals surface area (Å²) in [6, 6.07) is 2.51. The van der Waals surface area contributed by atoms with Crippen LogP contribution in [0.25, 0.3) is 0 Å². The first kappa shape index (κ1) is 20.7. The summed E-state index contributed by atoms with van der Waals surface area (Å²) < 4.78 is 0. The van der Waals surface area contributed by atoms with E-state index in [1.165, 1.54) is 96.3 Å². The SMILES string of the molecule is CCCCCCCCCCCc1cc(CCCCCC)c(C)s1. The van der Waals surface area contributed by atoms with Crippen molar-refractivity contribution < 1.29 is 0 Å². The van der Waals surface area contributed by atoms with Gasteiger partial charge in [-0.1, -0.05) is 84.5 Å². The molecule has 0 aromatic carbocycles. The lowest BCUT2D eigenvalue weighted by Gasteiger charge is -2.01. The van der Waals surface area contributed by atoms with Crippen molar-refractivity contribution in [3.63, 3.8) is 0 Å². The smallest absolute Gasteiger partial charge is 0.00509 e. The Balaban J connectivity index is 2.06. The summed E-state index contributed by atoms with van der Waals surface area (Å²) >= 11 is 2.06. The molecule has 1 aromatic heterocycles. The molecule has 0 radical (unpaired) electrons. The quantitative estimate of drug-likeness (QED) is 0.283. The van der Waals surface area contributed by atoms with Gasteiger partial charge in [0.05, 0.1) is 0 Å². The second-order valence-electron chi connectivity index (χ2n) is 7.18. The van der Waals surface area contributed by atoms with Gasteiger partial charge in [-0.3, -0.25) is 0 Å². The predicted octanol–water partition coefficient (Wildman–Crippen LogP) is 8.25. The molecule has 0 aliphatic heterocycles. The van der Waals surface area contributed by atoms with E-state index in [0.29, 0.717) is 0 Å². The molecule has 1 heterocycles. The Morgan fingerprint density at radius 3 is 1.74 bits per heavy atom. The van der Waals surface area contributed by atoms with Crippen molar-refractivity contribution in [1.82, 2.24) is 0 Å². The molecule has 0 aliphatic rings. The first-order chi connectivity index (χ1) is 11.3. The first-order valence-electron chi connectivity index (χ1n) is 10.4. The van der Waals surface area contributed by atoms with Crippen LogP contribution in [-0.4, -0.2) is 0 Å². The third-order valence-electron chi connectivity index (χ3n) is 4.90. The second kappa shape index (κ2) is 14.1. The maximum Gasteiger partial charge on any atom is 0.00509 e. The van der Waals surface area contributed by atoms with E-state index in [9.17, 15) is 0 Å². The van der Waals surface area contributed by atoms with E-state index in [4.69, 9.17) is 0 Å². The van der Waals surface area contributed by atoms with E-state index in [2.05, 4.69) is 38.2 Å². The highest BCUT2D eigenvalue weighted by atomic mass is 32.1. The molecule has 1 heteroatoms. The van der Waals surface area contributed by atoms with Crippen LogP contribution in [0.4, 0.5) is 0 Å². The van der Waals surface area contributed by atoms with Gasteiger partial charge in [0.1, 0.15) is 0 Å². The number of rotatable bonds is 15. The van der Waals surface area contributed by atoms with Crippen LogP contribution in [0.15, 0.2) is 6.07 Å². The van der Waals surface area contributed by atoms with Crippen molar-refractivity contribution in [3.8, 4) is 0 Å². The second-order valence-corrected chi connectivity index (χ2v) is 8.52. The van der Waals surface area contributed by atoms with E-state index < -0.39 is 0 Å². The molecule has 134 valence electrons. The van der Waals surface area contributed by atoms with Gasteiger partial charge in [0, 0.05) is 9.75 Å². The first-order valence-corrected chi connectivity index (χ1v) is 11.2. The van der Waals surface area contributed by atoms with Crippen LogP contribution in [0.5, 0.6) is 0 Å². The zero-order valence-corrected chi connectivity index (χ0v) is 16.9. The van der Waals surface area contributed by atoms with Crippen LogP contribution in [0.2, 0.25) is 0 Å². The highest BCUT2D eigenvalue weighted by molar-refractivity contribution is 7.12. The molecule has 0 atom stereocenters.